The van der Waals surface area contributed by atoms with Gasteiger partial charge in [0.1, 0.15) is 5.75 Å². The van der Waals surface area contributed by atoms with Crippen LogP contribution in [-0.2, 0) is 4.79 Å². The summed E-state index contributed by atoms with van der Waals surface area (Å²) in [4.78, 5) is 11.3. The van der Waals surface area contributed by atoms with Gasteiger partial charge in [-0.2, -0.15) is 0 Å². The van der Waals surface area contributed by atoms with Crippen LogP contribution >= 0.6 is 11.8 Å². The van der Waals surface area contributed by atoms with Crippen molar-refractivity contribution in [2.45, 2.75) is 24.2 Å². The van der Waals surface area contributed by atoms with Gasteiger partial charge >= 0.3 is 5.97 Å². The van der Waals surface area contributed by atoms with Gasteiger partial charge in [0.25, 0.3) is 0 Å². The molecule has 98 valence electrons. The summed E-state index contributed by atoms with van der Waals surface area (Å²) in [5.41, 5.74) is 6.56. The molecule has 1 aromatic carbocycles. The van der Waals surface area contributed by atoms with Crippen LogP contribution in [-0.4, -0.2) is 23.4 Å². The fraction of sp³-hybridized carbons (Fsp3) is 0.462. The molecule has 0 saturated heterocycles. The molecule has 1 aliphatic rings. The predicted octanol–water partition coefficient (Wildman–Crippen LogP) is 2.62. The topological polar surface area (TPSA) is 72.5 Å². The number of aliphatic carboxylic acids is 1. The first-order valence-electron chi connectivity index (χ1n) is 6.02. The highest BCUT2D eigenvalue weighted by Gasteiger charge is 2.21. The molecule has 0 atom stereocenters. The fourth-order valence-electron chi connectivity index (χ4n) is 1.49. The van der Waals surface area contributed by atoms with E-state index >= 15 is 0 Å². The minimum Gasteiger partial charge on any atom is -0.493 e. The normalized spacial score (nSPS) is 14.4. The van der Waals surface area contributed by atoms with E-state index in [-0.39, 0.29) is 6.42 Å². The summed E-state index contributed by atoms with van der Waals surface area (Å²) < 4.78 is 5.63. The minimum absolute atomic E-state index is 0.143. The van der Waals surface area contributed by atoms with Crippen LogP contribution in [0.25, 0.3) is 0 Å². The Hall–Kier alpha value is -1.36. The molecule has 1 fully saturated rings. The smallest absolute Gasteiger partial charge is 0.304 e. The summed E-state index contributed by atoms with van der Waals surface area (Å²) >= 11 is 1.46. The van der Waals surface area contributed by atoms with E-state index in [4.69, 9.17) is 15.6 Å². The van der Waals surface area contributed by atoms with Gasteiger partial charge in [0, 0.05) is 22.4 Å². The van der Waals surface area contributed by atoms with Gasteiger partial charge in [-0.05, 0) is 30.9 Å². The maximum Gasteiger partial charge on any atom is 0.304 e. The molecular formula is C13H17NO3S. The number of anilines is 1. The number of rotatable bonds is 7. The van der Waals surface area contributed by atoms with Crippen molar-refractivity contribution in [3.05, 3.63) is 18.2 Å². The van der Waals surface area contributed by atoms with Crippen LogP contribution < -0.4 is 10.5 Å². The fourth-order valence-corrected chi connectivity index (χ4v) is 2.38. The van der Waals surface area contributed by atoms with Crippen LogP contribution in [0.15, 0.2) is 23.1 Å². The lowest BCUT2D eigenvalue weighted by atomic mass is 10.3. The van der Waals surface area contributed by atoms with Crippen LogP contribution in [0, 0.1) is 5.92 Å². The second kappa shape index (κ2) is 6.00. The number of hydrogen-bond acceptors (Lipinski definition) is 4. The van der Waals surface area contributed by atoms with Crippen LogP contribution in [0.2, 0.25) is 0 Å². The SMILES string of the molecule is Nc1cc(OCC2CC2)ccc1SCCC(=O)O. The van der Waals surface area contributed by atoms with Gasteiger partial charge in [-0.15, -0.1) is 11.8 Å². The number of carboxylic acids is 1. The molecule has 1 aromatic rings. The van der Waals surface area contributed by atoms with Crippen LogP contribution in [0.5, 0.6) is 5.75 Å². The summed E-state index contributed by atoms with van der Waals surface area (Å²) in [5.74, 6) is 1.25. The van der Waals surface area contributed by atoms with Crippen LogP contribution in [0.1, 0.15) is 19.3 Å². The van der Waals surface area contributed by atoms with E-state index in [1.54, 1.807) is 0 Å². The molecule has 0 unspecified atom stereocenters. The molecule has 3 N–H and O–H groups in total. The van der Waals surface area contributed by atoms with Gasteiger partial charge in [-0.3, -0.25) is 4.79 Å². The van der Waals surface area contributed by atoms with Gasteiger partial charge in [-0.1, -0.05) is 0 Å². The van der Waals surface area contributed by atoms with Gasteiger partial charge in [-0.25, -0.2) is 0 Å². The molecule has 0 aliphatic heterocycles. The monoisotopic (exact) mass is 267 g/mol. The Balaban J connectivity index is 1.85. The van der Waals surface area contributed by atoms with Crippen molar-refractivity contribution in [1.82, 2.24) is 0 Å². The molecule has 4 nitrogen and oxygen atoms in total. The van der Waals surface area contributed by atoms with Crippen molar-refractivity contribution in [2.75, 3.05) is 18.1 Å². The number of nitrogen functional groups attached to an aromatic ring is 1. The summed E-state index contributed by atoms with van der Waals surface area (Å²) in [6.07, 6.45) is 2.67. The molecule has 0 radical (unpaired) electrons. The summed E-state index contributed by atoms with van der Waals surface area (Å²) in [5, 5.41) is 8.57. The second-order valence-corrected chi connectivity index (χ2v) is 5.58. The molecule has 18 heavy (non-hydrogen) atoms. The zero-order chi connectivity index (χ0) is 13.0. The van der Waals surface area contributed by atoms with Crippen molar-refractivity contribution >= 4 is 23.4 Å². The third-order valence-electron chi connectivity index (χ3n) is 2.74. The Bertz CT molecular complexity index is 432. The third-order valence-corrected chi connectivity index (χ3v) is 3.83. The maximum absolute atomic E-state index is 10.4. The average molecular weight is 267 g/mol. The van der Waals surface area contributed by atoms with Crippen LogP contribution in [0.3, 0.4) is 0 Å². The minimum atomic E-state index is -0.787. The highest BCUT2D eigenvalue weighted by molar-refractivity contribution is 7.99. The third kappa shape index (κ3) is 4.14. The number of carbonyl (C=O) groups is 1. The number of hydrogen-bond donors (Lipinski definition) is 2. The predicted molar refractivity (Wildman–Crippen MR) is 72.1 cm³/mol. The van der Waals surface area contributed by atoms with E-state index in [0.29, 0.717) is 11.4 Å². The van der Waals surface area contributed by atoms with Crippen molar-refractivity contribution in [3.63, 3.8) is 0 Å². The van der Waals surface area contributed by atoms with Gasteiger partial charge in [0.2, 0.25) is 0 Å². The van der Waals surface area contributed by atoms with Gasteiger partial charge in [0.15, 0.2) is 0 Å². The molecule has 1 aliphatic carbocycles. The standard InChI is InChI=1S/C13H17NO3S/c14-11-7-10(17-8-9-1-2-9)3-4-12(11)18-6-5-13(15)16/h3-4,7,9H,1-2,5-6,8,14H2,(H,15,16). The Morgan fingerprint density at radius 2 is 2.28 bits per heavy atom. The first kappa shape index (κ1) is 13.1. The zero-order valence-corrected chi connectivity index (χ0v) is 10.9. The first-order valence-corrected chi connectivity index (χ1v) is 7.00. The highest BCUT2D eigenvalue weighted by atomic mass is 32.2. The van der Waals surface area contributed by atoms with Gasteiger partial charge in [0.05, 0.1) is 13.0 Å². The summed E-state index contributed by atoms with van der Waals surface area (Å²) in [6, 6.07) is 5.59. The van der Waals surface area contributed by atoms with E-state index in [0.717, 1.165) is 23.2 Å². The van der Waals surface area contributed by atoms with E-state index < -0.39 is 5.97 Å². The second-order valence-electron chi connectivity index (χ2n) is 4.45. The first-order chi connectivity index (χ1) is 8.65. The summed E-state index contributed by atoms with van der Waals surface area (Å²) in [6.45, 7) is 0.769. The van der Waals surface area contributed by atoms with E-state index in [2.05, 4.69) is 0 Å². The molecule has 0 spiro atoms. The molecule has 5 heteroatoms. The van der Waals surface area contributed by atoms with Crippen LogP contribution in [0.4, 0.5) is 5.69 Å². The molecule has 0 bridgehead atoms. The van der Waals surface area contributed by atoms with Crippen molar-refractivity contribution in [1.29, 1.82) is 0 Å². The molecule has 0 aromatic heterocycles. The number of benzene rings is 1. The van der Waals surface area contributed by atoms with E-state index in [1.165, 1.54) is 24.6 Å². The lowest BCUT2D eigenvalue weighted by molar-refractivity contribution is -0.136. The van der Waals surface area contributed by atoms with Crippen molar-refractivity contribution < 1.29 is 14.6 Å². The number of ether oxygens (including phenoxy) is 1. The lowest BCUT2D eigenvalue weighted by Gasteiger charge is -2.09. The average Bonchev–Trinajstić information content (AvgIpc) is 3.12. The maximum atomic E-state index is 10.4. The zero-order valence-electron chi connectivity index (χ0n) is 10.1. The largest absolute Gasteiger partial charge is 0.493 e. The lowest BCUT2D eigenvalue weighted by Crippen LogP contribution is -2.00. The van der Waals surface area contributed by atoms with E-state index in [1.807, 2.05) is 18.2 Å². The molecule has 0 heterocycles. The Morgan fingerprint density at radius 1 is 1.50 bits per heavy atom. The number of nitrogens with two attached hydrogens (primary N) is 1. The molecule has 1 saturated carbocycles. The molecule has 2 rings (SSSR count). The Morgan fingerprint density at radius 3 is 2.89 bits per heavy atom. The van der Waals surface area contributed by atoms with E-state index in [9.17, 15) is 4.79 Å². The van der Waals surface area contributed by atoms with Gasteiger partial charge < -0.3 is 15.6 Å². The summed E-state index contributed by atoms with van der Waals surface area (Å²) in [7, 11) is 0. The quantitative estimate of drug-likeness (QED) is 0.587. The van der Waals surface area contributed by atoms with Crippen molar-refractivity contribution in [3.8, 4) is 5.75 Å². The molecule has 0 amide bonds. The number of carboxylic acid groups (broad SMARTS) is 1. The Kier molecular flexibility index (Phi) is 4.36. The number of thioether (sulfide) groups is 1. The molecular weight excluding hydrogens is 250 g/mol. The Labute approximate surface area is 111 Å². The highest BCUT2D eigenvalue weighted by Crippen LogP contribution is 2.32. The van der Waals surface area contributed by atoms with Crippen molar-refractivity contribution in [2.24, 2.45) is 5.92 Å².